The molecule has 1 aromatic carbocycles. The average Bonchev–Trinajstić information content (AvgIpc) is 2.82. The number of nitrogens with zero attached hydrogens (tertiary/aromatic N) is 1. The van der Waals surface area contributed by atoms with Crippen LogP contribution in [0.25, 0.3) is 0 Å². The van der Waals surface area contributed by atoms with Gasteiger partial charge in [-0.1, -0.05) is 25.1 Å². The summed E-state index contributed by atoms with van der Waals surface area (Å²) in [5.41, 5.74) is 1.17. The molecule has 5 rings (SSSR count). The molecule has 32 heavy (non-hydrogen) atoms. The van der Waals surface area contributed by atoms with E-state index in [0.717, 1.165) is 37.9 Å². The Morgan fingerprint density at radius 2 is 1.91 bits per heavy atom. The zero-order chi connectivity index (χ0) is 22.7. The molecule has 0 radical (unpaired) electrons. The molecule has 1 aromatic rings. The van der Waals surface area contributed by atoms with Crippen molar-refractivity contribution in [3.8, 4) is 5.75 Å². The number of fused-ring (bicyclic) bond motifs is 5. The minimum absolute atomic E-state index is 0.0471. The van der Waals surface area contributed by atoms with Crippen LogP contribution in [0.4, 0.5) is 0 Å². The van der Waals surface area contributed by atoms with Crippen LogP contribution in [0.2, 0.25) is 0 Å². The first-order valence-electron chi connectivity index (χ1n) is 12.0. The van der Waals surface area contributed by atoms with E-state index in [4.69, 9.17) is 9.47 Å². The number of nitrogens with one attached hydrogen (secondary N) is 1. The number of carbonyl (C=O) groups excluding carboxylic acids is 1. The number of benzene rings is 1. The molecule has 0 spiro atoms. The van der Waals surface area contributed by atoms with Crippen LogP contribution in [0.3, 0.4) is 0 Å². The van der Waals surface area contributed by atoms with Gasteiger partial charge in [0, 0.05) is 12.6 Å². The van der Waals surface area contributed by atoms with Crippen LogP contribution in [0.15, 0.2) is 24.3 Å². The summed E-state index contributed by atoms with van der Waals surface area (Å²) in [4.78, 5) is 15.0. The standard InChI is InChI=1S/C24H36N2O5S/c1-3-17(2)32(28,29)25-21-8-6-14-26-22(21)15-30-19-12-10-18(11-13-19)20-7-4-5-9-23(20)31-16-24(26)27/h4-5,7,9,17-19,21-22,25H,3,6,8,10-16H2,1-2H3/t17?,18?,19?,21-,22?/m0/s1. The van der Waals surface area contributed by atoms with Crippen molar-refractivity contribution < 1.29 is 22.7 Å². The van der Waals surface area contributed by atoms with Crippen molar-refractivity contribution in [2.75, 3.05) is 19.8 Å². The number of ether oxygens (including phenoxy) is 2. The average molecular weight is 465 g/mol. The van der Waals surface area contributed by atoms with Gasteiger partial charge in [0.05, 0.1) is 24.0 Å². The minimum atomic E-state index is -3.46. The van der Waals surface area contributed by atoms with Crippen molar-refractivity contribution in [3.05, 3.63) is 29.8 Å². The van der Waals surface area contributed by atoms with Crippen molar-refractivity contribution in [2.45, 2.75) is 88.1 Å². The van der Waals surface area contributed by atoms with E-state index < -0.39 is 15.3 Å². The smallest absolute Gasteiger partial charge is 0.260 e. The summed E-state index contributed by atoms with van der Waals surface area (Å²) >= 11 is 0. The number of amides is 1. The topological polar surface area (TPSA) is 84.9 Å². The van der Waals surface area contributed by atoms with Gasteiger partial charge in [-0.25, -0.2) is 13.1 Å². The first-order valence-corrected chi connectivity index (χ1v) is 13.6. The lowest BCUT2D eigenvalue weighted by Gasteiger charge is -2.42. The van der Waals surface area contributed by atoms with Crippen LogP contribution < -0.4 is 9.46 Å². The van der Waals surface area contributed by atoms with Gasteiger partial charge in [-0.2, -0.15) is 0 Å². The number of para-hydroxylation sites is 1. The summed E-state index contributed by atoms with van der Waals surface area (Å²) in [7, 11) is -3.46. The van der Waals surface area contributed by atoms with Crippen molar-refractivity contribution >= 4 is 15.9 Å². The fourth-order valence-electron chi connectivity index (χ4n) is 5.20. The van der Waals surface area contributed by atoms with Gasteiger partial charge in [0.1, 0.15) is 5.75 Å². The SMILES string of the molecule is CCC(C)S(=O)(=O)N[C@H]1CCCN2C(=O)COc3ccccc3C3CCC(CC3)OCC12. The van der Waals surface area contributed by atoms with E-state index in [9.17, 15) is 13.2 Å². The van der Waals surface area contributed by atoms with Gasteiger partial charge in [0.15, 0.2) is 6.61 Å². The van der Waals surface area contributed by atoms with Crippen molar-refractivity contribution in [3.63, 3.8) is 0 Å². The number of piperidine rings is 1. The highest BCUT2D eigenvalue weighted by molar-refractivity contribution is 7.90. The molecule has 3 heterocycles. The van der Waals surface area contributed by atoms with Gasteiger partial charge in [-0.15, -0.1) is 0 Å². The number of hydrogen-bond acceptors (Lipinski definition) is 5. The molecule has 1 saturated heterocycles. The second-order valence-electron chi connectivity index (χ2n) is 9.42. The maximum atomic E-state index is 13.2. The van der Waals surface area contributed by atoms with Crippen molar-refractivity contribution in [1.29, 1.82) is 0 Å². The normalized spacial score (nSPS) is 30.2. The Bertz CT molecular complexity index is 897. The Morgan fingerprint density at radius 1 is 1.16 bits per heavy atom. The Hall–Kier alpha value is -1.64. The Kier molecular flexibility index (Phi) is 7.42. The van der Waals surface area contributed by atoms with E-state index in [-0.39, 0.29) is 30.7 Å². The quantitative estimate of drug-likeness (QED) is 0.740. The monoisotopic (exact) mass is 464 g/mol. The molecular weight excluding hydrogens is 428 g/mol. The predicted molar refractivity (Wildman–Crippen MR) is 123 cm³/mol. The lowest BCUT2D eigenvalue weighted by molar-refractivity contribution is -0.140. The molecule has 7 nitrogen and oxygen atoms in total. The van der Waals surface area contributed by atoms with Crippen LogP contribution in [0, 0.1) is 0 Å². The van der Waals surface area contributed by atoms with E-state index in [1.807, 2.05) is 25.1 Å². The summed E-state index contributed by atoms with van der Waals surface area (Å²) < 4.78 is 40.8. The van der Waals surface area contributed by atoms with E-state index in [1.165, 1.54) is 5.56 Å². The highest BCUT2D eigenvalue weighted by Crippen LogP contribution is 2.39. The second kappa shape index (κ2) is 10.1. The van der Waals surface area contributed by atoms with Gasteiger partial charge in [0.25, 0.3) is 5.91 Å². The third kappa shape index (κ3) is 5.13. The summed E-state index contributed by atoms with van der Waals surface area (Å²) in [5.74, 6) is 1.08. The molecule has 2 fully saturated rings. The van der Waals surface area contributed by atoms with Crippen LogP contribution >= 0.6 is 0 Å². The number of rotatable bonds is 4. The molecule has 8 heteroatoms. The lowest BCUT2D eigenvalue weighted by atomic mass is 9.82. The van der Waals surface area contributed by atoms with Crippen LogP contribution in [-0.4, -0.2) is 62.4 Å². The molecule has 2 unspecified atom stereocenters. The van der Waals surface area contributed by atoms with E-state index in [2.05, 4.69) is 10.8 Å². The second-order valence-corrected chi connectivity index (χ2v) is 11.5. The Morgan fingerprint density at radius 3 is 2.66 bits per heavy atom. The zero-order valence-corrected chi connectivity index (χ0v) is 20.0. The van der Waals surface area contributed by atoms with Gasteiger partial charge < -0.3 is 14.4 Å². The molecular formula is C24H36N2O5S. The summed E-state index contributed by atoms with van der Waals surface area (Å²) in [6.07, 6.45) is 6.11. The van der Waals surface area contributed by atoms with Gasteiger partial charge in [-0.05, 0) is 69.4 Å². The Labute approximate surface area is 191 Å². The number of sulfonamides is 1. The van der Waals surface area contributed by atoms with Crippen LogP contribution in [0.1, 0.15) is 70.3 Å². The van der Waals surface area contributed by atoms with Gasteiger partial charge >= 0.3 is 0 Å². The predicted octanol–water partition coefficient (Wildman–Crippen LogP) is 3.20. The fraction of sp³-hybridized carbons (Fsp3) is 0.708. The molecule has 3 atom stereocenters. The van der Waals surface area contributed by atoms with E-state index in [0.29, 0.717) is 31.9 Å². The third-order valence-electron chi connectivity index (χ3n) is 7.41. The number of hydrogen-bond donors (Lipinski definition) is 1. The number of carbonyl (C=O) groups is 1. The molecule has 1 saturated carbocycles. The summed E-state index contributed by atoms with van der Waals surface area (Å²) in [6, 6.07) is 7.35. The van der Waals surface area contributed by atoms with E-state index >= 15 is 0 Å². The molecule has 178 valence electrons. The maximum absolute atomic E-state index is 13.2. The molecule has 0 aromatic heterocycles. The molecule has 4 aliphatic rings. The first kappa shape index (κ1) is 23.5. The molecule has 1 N–H and O–H groups in total. The first-order chi connectivity index (χ1) is 15.4. The molecule has 2 bridgehead atoms. The van der Waals surface area contributed by atoms with Crippen molar-refractivity contribution in [1.82, 2.24) is 9.62 Å². The highest BCUT2D eigenvalue weighted by Gasteiger charge is 2.39. The van der Waals surface area contributed by atoms with E-state index in [1.54, 1.807) is 11.8 Å². The largest absolute Gasteiger partial charge is 0.483 e. The molecule has 1 amide bonds. The summed E-state index contributed by atoms with van der Waals surface area (Å²) in [6.45, 7) is 4.48. The summed E-state index contributed by atoms with van der Waals surface area (Å²) in [5, 5.41) is -0.473. The van der Waals surface area contributed by atoms with Crippen LogP contribution in [0.5, 0.6) is 5.75 Å². The highest BCUT2D eigenvalue weighted by atomic mass is 32.2. The van der Waals surface area contributed by atoms with Gasteiger partial charge in [0.2, 0.25) is 10.0 Å². The van der Waals surface area contributed by atoms with Crippen molar-refractivity contribution in [2.24, 2.45) is 0 Å². The minimum Gasteiger partial charge on any atom is -0.483 e. The molecule has 1 aliphatic carbocycles. The maximum Gasteiger partial charge on any atom is 0.260 e. The third-order valence-corrected chi connectivity index (χ3v) is 9.43. The molecule has 3 aliphatic heterocycles. The van der Waals surface area contributed by atoms with Gasteiger partial charge in [-0.3, -0.25) is 4.79 Å². The fourth-order valence-corrected chi connectivity index (χ4v) is 6.57. The zero-order valence-electron chi connectivity index (χ0n) is 19.2. The Balaban J connectivity index is 1.59. The lowest BCUT2D eigenvalue weighted by Crippen LogP contribution is -2.60. The van der Waals surface area contributed by atoms with Crippen LogP contribution in [-0.2, 0) is 19.6 Å².